The van der Waals surface area contributed by atoms with Crippen LogP contribution in [0.3, 0.4) is 0 Å². The second kappa shape index (κ2) is 10.9. The van der Waals surface area contributed by atoms with Crippen molar-refractivity contribution in [2.24, 2.45) is 0 Å². The van der Waals surface area contributed by atoms with Crippen molar-refractivity contribution < 1.29 is 9.53 Å². The summed E-state index contributed by atoms with van der Waals surface area (Å²) < 4.78 is 7.00. The van der Waals surface area contributed by atoms with Crippen LogP contribution < -0.4 is 21.3 Å². The molecule has 0 aliphatic rings. The monoisotopic (exact) mass is 535 g/mol. The average Bonchev–Trinajstić information content (AvgIpc) is 2.97. The van der Waals surface area contributed by atoms with Gasteiger partial charge in [0.25, 0.3) is 11.5 Å². The Hall–Kier alpha value is -5.25. The van der Waals surface area contributed by atoms with Crippen molar-refractivity contribution >= 4 is 28.4 Å². The van der Waals surface area contributed by atoms with Crippen LogP contribution in [0, 0.1) is 0 Å². The van der Waals surface area contributed by atoms with Gasteiger partial charge < -0.3 is 20.7 Å². The molecule has 40 heavy (non-hydrogen) atoms. The lowest BCUT2D eigenvalue weighted by atomic mass is 9.98. The summed E-state index contributed by atoms with van der Waals surface area (Å²) in [5.74, 6) is 0.496. The highest BCUT2D eigenvalue weighted by atomic mass is 16.5. The number of rotatable bonds is 7. The highest BCUT2D eigenvalue weighted by Crippen LogP contribution is 2.31. The number of para-hydroxylation sites is 1. The average molecular weight is 536 g/mol. The van der Waals surface area contributed by atoms with Crippen LogP contribution in [0.5, 0.6) is 5.88 Å². The zero-order chi connectivity index (χ0) is 28.4. The minimum atomic E-state index is -0.454. The Morgan fingerprint density at radius 2 is 1.82 bits per heavy atom. The molecule has 3 aromatic heterocycles. The quantitative estimate of drug-likeness (QED) is 0.316. The largest absolute Gasteiger partial charge is 0.481 e. The van der Waals surface area contributed by atoms with E-state index in [1.54, 1.807) is 32.0 Å². The molecule has 0 saturated heterocycles. The van der Waals surface area contributed by atoms with E-state index < -0.39 is 6.04 Å². The van der Waals surface area contributed by atoms with E-state index in [9.17, 15) is 9.59 Å². The van der Waals surface area contributed by atoms with Crippen molar-refractivity contribution in [1.29, 1.82) is 0 Å². The Bertz CT molecular complexity index is 1770. The zero-order valence-electron chi connectivity index (χ0n) is 22.6. The molecular weight excluding hydrogens is 506 g/mol. The number of nitrogens with zero attached hydrogens (tertiary/aromatic N) is 5. The van der Waals surface area contributed by atoms with Gasteiger partial charge in [-0.25, -0.2) is 9.97 Å². The first-order chi connectivity index (χ1) is 19.3. The third-order valence-corrected chi connectivity index (χ3v) is 6.59. The smallest absolute Gasteiger partial charge is 0.263 e. The standard InChI is InChI=1S/C30H29N7O3/c1-18(34-27-23(28(38)36(2)3)17-33-30(31)35-27)24-15-20-9-8-12-22(19-13-14-32-25(16-19)40-4)26(20)29(39)37(24)21-10-6-5-7-11-21/h5-18H,1-4H3,(H3,31,33,34,35)/t18-/m0/s1. The van der Waals surface area contributed by atoms with Gasteiger partial charge in [0, 0.05) is 43.9 Å². The molecule has 2 aromatic carbocycles. The maximum absolute atomic E-state index is 14.4. The predicted molar refractivity (Wildman–Crippen MR) is 156 cm³/mol. The predicted octanol–water partition coefficient (Wildman–Crippen LogP) is 4.31. The number of carbonyl (C=O) groups excluding carboxylic acids is 1. The maximum atomic E-state index is 14.4. The molecule has 10 heteroatoms. The third-order valence-electron chi connectivity index (χ3n) is 6.59. The molecule has 0 aliphatic heterocycles. The second-order valence-corrected chi connectivity index (χ2v) is 9.46. The number of ether oxygens (including phenoxy) is 1. The molecule has 1 amide bonds. The molecular formula is C30H29N7O3. The van der Waals surface area contributed by atoms with Crippen molar-refractivity contribution in [1.82, 2.24) is 24.4 Å². The molecule has 1 atom stereocenters. The number of hydrogen-bond donors (Lipinski definition) is 2. The Kier molecular flexibility index (Phi) is 7.15. The van der Waals surface area contributed by atoms with Gasteiger partial charge >= 0.3 is 0 Å². The van der Waals surface area contributed by atoms with Gasteiger partial charge in [0.1, 0.15) is 11.4 Å². The van der Waals surface area contributed by atoms with Gasteiger partial charge in [0.05, 0.1) is 18.5 Å². The van der Waals surface area contributed by atoms with Gasteiger partial charge in [0.15, 0.2) is 0 Å². The van der Waals surface area contributed by atoms with E-state index in [4.69, 9.17) is 10.5 Å². The van der Waals surface area contributed by atoms with Crippen LogP contribution in [0.15, 0.2) is 83.9 Å². The van der Waals surface area contributed by atoms with Crippen LogP contribution >= 0.6 is 0 Å². The van der Waals surface area contributed by atoms with Gasteiger partial charge in [-0.2, -0.15) is 4.98 Å². The normalized spacial score (nSPS) is 11.7. The van der Waals surface area contributed by atoms with E-state index in [-0.39, 0.29) is 28.8 Å². The number of amides is 1. The number of hydrogen-bond acceptors (Lipinski definition) is 8. The van der Waals surface area contributed by atoms with Crippen molar-refractivity contribution in [3.8, 4) is 22.7 Å². The van der Waals surface area contributed by atoms with Gasteiger partial charge in [-0.05, 0) is 47.7 Å². The summed E-state index contributed by atoms with van der Waals surface area (Å²) in [6.45, 7) is 1.90. The lowest BCUT2D eigenvalue weighted by Crippen LogP contribution is -2.27. The van der Waals surface area contributed by atoms with Crippen molar-refractivity contribution in [2.45, 2.75) is 13.0 Å². The van der Waals surface area contributed by atoms with E-state index >= 15 is 0 Å². The Balaban J connectivity index is 1.72. The van der Waals surface area contributed by atoms with E-state index in [0.717, 1.165) is 16.5 Å². The molecule has 5 rings (SSSR count). The molecule has 10 nitrogen and oxygen atoms in total. The fourth-order valence-electron chi connectivity index (χ4n) is 4.66. The highest BCUT2D eigenvalue weighted by molar-refractivity contribution is 5.99. The van der Waals surface area contributed by atoms with Crippen molar-refractivity contribution in [3.63, 3.8) is 0 Å². The summed E-state index contributed by atoms with van der Waals surface area (Å²) in [4.78, 5) is 41.1. The second-order valence-electron chi connectivity index (χ2n) is 9.46. The minimum absolute atomic E-state index is 0.0291. The molecule has 0 fully saturated rings. The SMILES string of the molecule is COc1cc(-c2cccc3cc([C@H](C)Nc4nc(N)ncc4C(=O)N(C)C)n(-c4ccccc4)c(=O)c23)ccn1. The number of methoxy groups -OCH3 is 1. The summed E-state index contributed by atoms with van der Waals surface area (Å²) in [7, 11) is 4.86. The van der Waals surface area contributed by atoms with Crippen LogP contribution in [0.1, 0.15) is 29.0 Å². The molecule has 0 aliphatic carbocycles. The number of nitrogen functional groups attached to an aromatic ring is 1. The number of pyridine rings is 2. The van der Waals surface area contributed by atoms with Gasteiger partial charge in [0.2, 0.25) is 11.8 Å². The first kappa shape index (κ1) is 26.4. The van der Waals surface area contributed by atoms with Crippen molar-refractivity contribution in [3.05, 3.63) is 101 Å². The van der Waals surface area contributed by atoms with Gasteiger partial charge in [-0.15, -0.1) is 0 Å². The molecule has 0 spiro atoms. The van der Waals surface area contributed by atoms with Crippen LogP contribution in [0.25, 0.3) is 27.6 Å². The van der Waals surface area contributed by atoms with Crippen molar-refractivity contribution in [2.75, 3.05) is 32.3 Å². The number of aromatic nitrogens is 4. The Labute approximate surface area is 231 Å². The zero-order valence-corrected chi connectivity index (χ0v) is 22.6. The van der Waals surface area contributed by atoms with E-state index in [1.807, 2.05) is 73.7 Å². The third kappa shape index (κ3) is 4.94. The summed E-state index contributed by atoms with van der Waals surface area (Å²) in [5.41, 5.74) is 8.92. The van der Waals surface area contributed by atoms with E-state index in [2.05, 4.69) is 20.3 Å². The molecule has 0 radical (unpaired) electrons. The molecule has 3 heterocycles. The van der Waals surface area contributed by atoms with Crippen LogP contribution in [0.2, 0.25) is 0 Å². The van der Waals surface area contributed by atoms with Crippen LogP contribution in [-0.2, 0) is 0 Å². The number of nitrogens with one attached hydrogen (secondary N) is 1. The fraction of sp³-hybridized carbons (Fsp3) is 0.167. The van der Waals surface area contributed by atoms with Crippen LogP contribution in [-0.4, -0.2) is 51.5 Å². The van der Waals surface area contributed by atoms with E-state index in [0.29, 0.717) is 22.6 Å². The molecule has 5 aromatic rings. The highest BCUT2D eigenvalue weighted by Gasteiger charge is 2.22. The number of anilines is 2. The first-order valence-corrected chi connectivity index (χ1v) is 12.6. The lowest BCUT2D eigenvalue weighted by Gasteiger charge is -2.23. The molecule has 3 N–H and O–H groups in total. The number of benzene rings is 2. The summed E-state index contributed by atoms with van der Waals surface area (Å²) in [6, 6.07) is 20.3. The summed E-state index contributed by atoms with van der Waals surface area (Å²) in [5, 5.41) is 4.63. The summed E-state index contributed by atoms with van der Waals surface area (Å²) >= 11 is 0. The van der Waals surface area contributed by atoms with Crippen LogP contribution in [0.4, 0.5) is 11.8 Å². The number of nitrogens with two attached hydrogens (primary N) is 1. The topological polar surface area (TPSA) is 128 Å². The van der Waals surface area contributed by atoms with E-state index in [1.165, 1.54) is 11.1 Å². The number of carbonyl (C=O) groups is 1. The van der Waals surface area contributed by atoms with Gasteiger partial charge in [-0.1, -0.05) is 36.4 Å². The lowest BCUT2D eigenvalue weighted by molar-refractivity contribution is 0.0827. The Morgan fingerprint density at radius 1 is 1.05 bits per heavy atom. The molecule has 202 valence electrons. The fourth-order valence-corrected chi connectivity index (χ4v) is 4.66. The molecule has 0 bridgehead atoms. The van der Waals surface area contributed by atoms with Gasteiger partial charge in [-0.3, -0.25) is 14.2 Å². The summed E-state index contributed by atoms with van der Waals surface area (Å²) in [6.07, 6.45) is 3.06. The number of fused-ring (bicyclic) bond motifs is 1. The molecule has 0 unspecified atom stereocenters. The minimum Gasteiger partial charge on any atom is -0.481 e. The maximum Gasteiger partial charge on any atom is 0.263 e. The first-order valence-electron chi connectivity index (χ1n) is 12.6. The Morgan fingerprint density at radius 3 is 2.55 bits per heavy atom. The molecule has 0 saturated carbocycles.